The highest BCUT2D eigenvalue weighted by molar-refractivity contribution is 5.90. The number of carbonyl (C=O) groups is 2. The van der Waals surface area contributed by atoms with Gasteiger partial charge in [0.2, 0.25) is 0 Å². The normalized spacial score (nSPS) is 24.8. The molecule has 2 rings (SSSR count). The van der Waals surface area contributed by atoms with Gasteiger partial charge in [0.1, 0.15) is 11.9 Å². The second kappa shape index (κ2) is 16.5. The van der Waals surface area contributed by atoms with Crippen LogP contribution >= 0.6 is 0 Å². The highest BCUT2D eigenvalue weighted by Gasteiger charge is 2.34. The van der Waals surface area contributed by atoms with Gasteiger partial charge in [0.05, 0.1) is 30.5 Å². The number of rotatable bonds is 19. The molecule has 1 saturated heterocycles. The summed E-state index contributed by atoms with van der Waals surface area (Å²) >= 11 is 0. The maximum absolute atomic E-state index is 12.1. The molecule has 0 radical (unpaired) electrons. The van der Waals surface area contributed by atoms with Crippen LogP contribution in [0.2, 0.25) is 0 Å². The van der Waals surface area contributed by atoms with Gasteiger partial charge in [-0.25, -0.2) is 4.79 Å². The fraction of sp³-hybridized carbons (Fsp3) is 0.857. The summed E-state index contributed by atoms with van der Waals surface area (Å²) in [7, 11) is 0. The molecule has 7 heteroatoms. The molecular weight excluding hydrogens is 448 g/mol. The molecule has 2 aliphatic heterocycles. The Labute approximate surface area is 211 Å². The van der Waals surface area contributed by atoms with E-state index in [1.54, 1.807) is 13.0 Å². The summed E-state index contributed by atoms with van der Waals surface area (Å²) in [6.07, 6.45) is 12.1. The number of cyclic esters (lactones) is 1. The Balaban J connectivity index is 1.45. The summed E-state index contributed by atoms with van der Waals surface area (Å²) in [6.45, 7) is 3.94. The maximum atomic E-state index is 12.1. The lowest BCUT2D eigenvalue weighted by Gasteiger charge is -2.22. The van der Waals surface area contributed by atoms with Gasteiger partial charge in [0.25, 0.3) is 0 Å². The Morgan fingerprint density at radius 2 is 1.49 bits per heavy atom. The zero-order chi connectivity index (χ0) is 25.6. The number of aliphatic hydroxyl groups excluding tert-OH is 3. The van der Waals surface area contributed by atoms with Crippen LogP contribution in [0.1, 0.15) is 117 Å². The lowest BCUT2D eigenvalue weighted by Crippen LogP contribution is -2.31. The van der Waals surface area contributed by atoms with Crippen molar-refractivity contribution in [3.63, 3.8) is 0 Å². The Hall–Kier alpha value is -1.28. The van der Waals surface area contributed by atoms with Crippen molar-refractivity contribution in [1.29, 1.82) is 0 Å². The van der Waals surface area contributed by atoms with Gasteiger partial charge in [-0.3, -0.25) is 4.79 Å². The molecule has 2 aliphatic rings. The third-order valence-electron chi connectivity index (χ3n) is 7.19. The first-order chi connectivity index (χ1) is 16.8. The van der Waals surface area contributed by atoms with Crippen LogP contribution in [-0.2, 0) is 19.1 Å². The molecule has 35 heavy (non-hydrogen) atoms. The molecule has 7 nitrogen and oxygen atoms in total. The molecule has 0 aromatic rings. The van der Waals surface area contributed by atoms with E-state index in [2.05, 4.69) is 6.92 Å². The zero-order valence-electron chi connectivity index (χ0n) is 21.8. The van der Waals surface area contributed by atoms with Crippen LogP contribution in [0.15, 0.2) is 11.6 Å². The van der Waals surface area contributed by atoms with E-state index in [4.69, 9.17) is 9.47 Å². The highest BCUT2D eigenvalue weighted by atomic mass is 16.5. The van der Waals surface area contributed by atoms with Gasteiger partial charge in [0.15, 0.2) is 0 Å². The van der Waals surface area contributed by atoms with E-state index in [-0.39, 0.29) is 30.1 Å². The molecule has 0 aromatic heterocycles. The van der Waals surface area contributed by atoms with Gasteiger partial charge in [0, 0.05) is 24.8 Å². The second-order valence-corrected chi connectivity index (χ2v) is 10.5. The lowest BCUT2D eigenvalue weighted by molar-refractivity contribution is -0.139. The van der Waals surface area contributed by atoms with Crippen molar-refractivity contribution < 1.29 is 34.4 Å². The zero-order valence-corrected chi connectivity index (χ0v) is 21.8. The molecule has 202 valence electrons. The summed E-state index contributed by atoms with van der Waals surface area (Å²) < 4.78 is 11.0. The molecule has 0 spiro atoms. The third-order valence-corrected chi connectivity index (χ3v) is 7.19. The molecular formula is C28H48O7. The molecule has 2 heterocycles. The quantitative estimate of drug-likeness (QED) is 0.178. The summed E-state index contributed by atoms with van der Waals surface area (Å²) in [4.78, 5) is 23.7. The van der Waals surface area contributed by atoms with E-state index >= 15 is 0 Å². The van der Waals surface area contributed by atoms with E-state index in [9.17, 15) is 24.9 Å². The largest absolute Gasteiger partial charge is 0.455 e. The number of unbranched alkanes of at least 4 members (excludes halogenated alkanes) is 5. The molecule has 3 N–H and O–H groups in total. The van der Waals surface area contributed by atoms with Gasteiger partial charge >= 0.3 is 5.97 Å². The van der Waals surface area contributed by atoms with Crippen LogP contribution in [-0.4, -0.2) is 63.7 Å². The number of carbonyl (C=O) groups excluding carboxylic acids is 2. The first-order valence-electron chi connectivity index (χ1n) is 13.9. The van der Waals surface area contributed by atoms with Crippen LogP contribution in [0, 0.1) is 0 Å². The minimum absolute atomic E-state index is 0.148. The Morgan fingerprint density at radius 3 is 2.06 bits per heavy atom. The number of Topliss-reactive ketones (excluding diaryl/α,β-unsaturated/α-hetero) is 1. The number of hydrogen-bond acceptors (Lipinski definition) is 7. The fourth-order valence-corrected chi connectivity index (χ4v) is 5.05. The molecule has 6 atom stereocenters. The van der Waals surface area contributed by atoms with Crippen molar-refractivity contribution in [3.05, 3.63) is 11.6 Å². The SMILES string of the molecule is CCCCC[C@@H](O)[C@@H]1CC[C@@H]([C@@H](O)CCCCCC(=O)CCCC[C@@H](O)CC2=C[C@H](C)OC2=O)O1. The van der Waals surface area contributed by atoms with Crippen molar-refractivity contribution >= 4 is 11.8 Å². The van der Waals surface area contributed by atoms with Crippen LogP contribution in [0.25, 0.3) is 0 Å². The van der Waals surface area contributed by atoms with Crippen molar-refractivity contribution in [2.45, 2.75) is 153 Å². The van der Waals surface area contributed by atoms with E-state index in [0.29, 0.717) is 37.7 Å². The second-order valence-electron chi connectivity index (χ2n) is 10.5. The van der Waals surface area contributed by atoms with Crippen LogP contribution in [0.3, 0.4) is 0 Å². The van der Waals surface area contributed by atoms with E-state index in [1.807, 2.05) is 0 Å². The predicted octanol–water partition coefficient (Wildman–Crippen LogP) is 4.54. The van der Waals surface area contributed by atoms with Crippen LogP contribution < -0.4 is 0 Å². The Kier molecular flexibility index (Phi) is 14.1. The minimum atomic E-state index is -0.580. The first-order valence-corrected chi connectivity index (χ1v) is 13.9. The smallest absolute Gasteiger partial charge is 0.334 e. The number of ether oxygens (including phenoxy) is 2. The van der Waals surface area contributed by atoms with E-state index in [0.717, 1.165) is 70.6 Å². The van der Waals surface area contributed by atoms with Crippen molar-refractivity contribution in [2.75, 3.05) is 0 Å². The Morgan fingerprint density at radius 1 is 0.914 bits per heavy atom. The van der Waals surface area contributed by atoms with Gasteiger partial charge in [-0.05, 0) is 57.9 Å². The Bertz CT molecular complexity index is 662. The monoisotopic (exact) mass is 496 g/mol. The number of ketones is 1. The molecule has 0 saturated carbocycles. The van der Waals surface area contributed by atoms with Gasteiger partial charge in [-0.1, -0.05) is 45.4 Å². The van der Waals surface area contributed by atoms with E-state index < -0.39 is 18.3 Å². The van der Waals surface area contributed by atoms with Crippen molar-refractivity contribution in [3.8, 4) is 0 Å². The molecule has 0 bridgehead atoms. The summed E-state index contributed by atoms with van der Waals surface area (Å²) in [5.74, 6) is -0.0919. The van der Waals surface area contributed by atoms with Crippen molar-refractivity contribution in [2.24, 2.45) is 0 Å². The topological polar surface area (TPSA) is 113 Å². The van der Waals surface area contributed by atoms with Gasteiger partial charge in [-0.2, -0.15) is 0 Å². The minimum Gasteiger partial charge on any atom is -0.455 e. The van der Waals surface area contributed by atoms with Crippen LogP contribution in [0.5, 0.6) is 0 Å². The molecule has 0 unspecified atom stereocenters. The lowest BCUT2D eigenvalue weighted by atomic mass is 9.99. The van der Waals surface area contributed by atoms with Gasteiger partial charge < -0.3 is 24.8 Å². The molecule has 0 aliphatic carbocycles. The first kappa shape index (κ1) is 29.9. The summed E-state index contributed by atoms with van der Waals surface area (Å²) in [5, 5.41) is 30.8. The number of aliphatic hydroxyl groups is 3. The third kappa shape index (κ3) is 11.5. The van der Waals surface area contributed by atoms with Gasteiger partial charge in [-0.15, -0.1) is 0 Å². The van der Waals surface area contributed by atoms with Crippen molar-refractivity contribution in [1.82, 2.24) is 0 Å². The summed E-state index contributed by atoms with van der Waals surface area (Å²) in [6, 6.07) is 0. The molecule has 0 amide bonds. The average Bonchev–Trinajstić information content (AvgIpc) is 3.43. The maximum Gasteiger partial charge on any atom is 0.334 e. The predicted molar refractivity (Wildman–Crippen MR) is 135 cm³/mol. The van der Waals surface area contributed by atoms with Crippen LogP contribution in [0.4, 0.5) is 0 Å². The number of esters is 1. The van der Waals surface area contributed by atoms with E-state index in [1.165, 1.54) is 0 Å². The number of hydrogen-bond donors (Lipinski definition) is 3. The fourth-order valence-electron chi connectivity index (χ4n) is 5.05. The molecule has 1 fully saturated rings. The average molecular weight is 497 g/mol. The summed E-state index contributed by atoms with van der Waals surface area (Å²) in [5.41, 5.74) is 0.547. The standard InChI is InChI=1S/C28H48O7/c1-3-4-6-14-24(31)26-16-17-27(35-26)25(32)15-8-5-7-11-22(29)12-9-10-13-23(30)19-21-18-20(2)34-28(21)33/h18,20,23-27,30-32H,3-17,19H2,1-2H3/t20-,23+,24+,25-,26-,27-/m0/s1. The molecule has 0 aromatic carbocycles. The highest BCUT2D eigenvalue weighted by Crippen LogP contribution is 2.28.